The average Bonchev–Trinajstić information content (AvgIpc) is 3.72. The first-order valence-electron chi connectivity index (χ1n) is 12.7. The van der Waals surface area contributed by atoms with Gasteiger partial charge in [0.15, 0.2) is 17.1 Å². The van der Waals surface area contributed by atoms with Gasteiger partial charge < -0.3 is 14.6 Å². The van der Waals surface area contributed by atoms with E-state index >= 15 is 0 Å². The number of benzene rings is 4. The second-order valence-electron chi connectivity index (χ2n) is 9.60. The molecule has 40 heavy (non-hydrogen) atoms. The highest BCUT2D eigenvalue weighted by Gasteiger charge is 2.40. The van der Waals surface area contributed by atoms with Crippen LogP contribution in [0.5, 0.6) is 11.5 Å². The lowest BCUT2D eigenvalue weighted by molar-refractivity contribution is 0.0542. The van der Waals surface area contributed by atoms with Crippen molar-refractivity contribution in [2.45, 2.75) is 18.7 Å². The maximum atomic E-state index is 12.7. The fraction of sp³-hybridized carbons (Fsp3) is 0.133. The Balaban J connectivity index is 1.43. The molecule has 1 aliphatic heterocycles. The van der Waals surface area contributed by atoms with Crippen LogP contribution < -0.4 is 9.47 Å². The maximum absolute atomic E-state index is 12.7. The molecule has 1 atom stereocenters. The van der Waals surface area contributed by atoms with Crippen LogP contribution in [0.25, 0.3) is 22.3 Å². The van der Waals surface area contributed by atoms with Crippen molar-refractivity contribution >= 4 is 27.0 Å². The molecular formula is C30H23BrN6O3. The van der Waals surface area contributed by atoms with E-state index in [-0.39, 0.29) is 13.3 Å². The van der Waals surface area contributed by atoms with Gasteiger partial charge >= 0.3 is 0 Å². The van der Waals surface area contributed by atoms with Gasteiger partial charge in [0.2, 0.25) is 6.79 Å². The minimum atomic E-state index is -1.61. The SMILES string of the molecule is OC(Cn1nnc2ccccc21)(c1ccc(Br)cc1)c1nnn(Cc2ccccc2)c1-c1ccc2c(c1)OCO2. The molecule has 0 spiro atoms. The summed E-state index contributed by atoms with van der Waals surface area (Å²) in [6.45, 7) is 0.687. The highest BCUT2D eigenvalue weighted by molar-refractivity contribution is 9.10. The van der Waals surface area contributed by atoms with E-state index in [9.17, 15) is 5.11 Å². The fourth-order valence-corrected chi connectivity index (χ4v) is 5.33. The lowest BCUT2D eigenvalue weighted by Gasteiger charge is -2.28. The highest BCUT2D eigenvalue weighted by atomic mass is 79.9. The van der Waals surface area contributed by atoms with Crippen molar-refractivity contribution in [2.24, 2.45) is 0 Å². The zero-order chi connectivity index (χ0) is 27.1. The number of rotatable bonds is 7. The van der Waals surface area contributed by atoms with E-state index in [2.05, 4.69) is 36.6 Å². The second kappa shape index (κ2) is 9.89. The summed E-state index contributed by atoms with van der Waals surface area (Å²) in [5.41, 5.74) is 3.47. The Hall–Kier alpha value is -4.54. The molecule has 4 aromatic carbocycles. The molecule has 6 aromatic rings. The molecule has 9 nitrogen and oxygen atoms in total. The molecule has 0 bridgehead atoms. The number of halogens is 1. The van der Waals surface area contributed by atoms with Crippen LogP contribution in [-0.2, 0) is 18.7 Å². The molecule has 7 rings (SSSR count). The van der Waals surface area contributed by atoms with Crippen molar-refractivity contribution in [3.05, 3.63) is 118 Å². The number of aromatic nitrogens is 6. The summed E-state index contributed by atoms with van der Waals surface area (Å²) in [5.74, 6) is 1.30. The van der Waals surface area contributed by atoms with Gasteiger partial charge in [-0.3, -0.25) is 0 Å². The van der Waals surface area contributed by atoms with Gasteiger partial charge in [-0.1, -0.05) is 81.0 Å². The first kappa shape index (κ1) is 24.5. The number of hydrogen-bond acceptors (Lipinski definition) is 7. The molecule has 0 amide bonds. The Morgan fingerprint density at radius 3 is 2.40 bits per heavy atom. The minimum absolute atomic E-state index is 0.0662. The number of fused-ring (bicyclic) bond motifs is 2. The first-order valence-corrected chi connectivity index (χ1v) is 13.5. The number of hydrogen-bond donors (Lipinski definition) is 1. The number of para-hydroxylation sites is 1. The van der Waals surface area contributed by atoms with Crippen LogP contribution in [0, 0.1) is 0 Å². The molecule has 0 saturated carbocycles. The van der Waals surface area contributed by atoms with Crippen LogP contribution >= 0.6 is 15.9 Å². The molecular weight excluding hydrogens is 572 g/mol. The predicted octanol–water partition coefficient (Wildman–Crippen LogP) is 5.17. The summed E-state index contributed by atoms with van der Waals surface area (Å²) in [5, 5.41) is 30.6. The monoisotopic (exact) mass is 594 g/mol. The zero-order valence-corrected chi connectivity index (χ0v) is 22.8. The van der Waals surface area contributed by atoms with E-state index in [1.54, 1.807) is 4.68 Å². The molecule has 0 radical (unpaired) electrons. The lowest BCUT2D eigenvalue weighted by atomic mass is 9.87. The van der Waals surface area contributed by atoms with Gasteiger partial charge in [-0.05, 0) is 53.6 Å². The second-order valence-corrected chi connectivity index (χ2v) is 10.5. The minimum Gasteiger partial charge on any atom is -0.454 e. The summed E-state index contributed by atoms with van der Waals surface area (Å²) >= 11 is 3.52. The van der Waals surface area contributed by atoms with Crippen LogP contribution in [0.15, 0.2) is 102 Å². The molecule has 1 N–H and O–H groups in total. The Labute approximate surface area is 237 Å². The Kier molecular flexibility index (Phi) is 6.06. The van der Waals surface area contributed by atoms with Gasteiger partial charge in [0.1, 0.15) is 11.2 Å². The van der Waals surface area contributed by atoms with Crippen LogP contribution in [0.1, 0.15) is 16.8 Å². The van der Waals surface area contributed by atoms with Crippen molar-refractivity contribution in [1.82, 2.24) is 30.0 Å². The van der Waals surface area contributed by atoms with E-state index < -0.39 is 5.60 Å². The van der Waals surface area contributed by atoms with Crippen LogP contribution in [-0.4, -0.2) is 41.9 Å². The van der Waals surface area contributed by atoms with E-state index in [4.69, 9.17) is 9.47 Å². The molecule has 3 heterocycles. The molecule has 10 heteroatoms. The average molecular weight is 595 g/mol. The van der Waals surface area contributed by atoms with Crippen molar-refractivity contribution in [3.63, 3.8) is 0 Å². The summed E-state index contributed by atoms with van der Waals surface area (Å²) in [6.07, 6.45) is 0. The number of aliphatic hydroxyl groups is 1. The number of ether oxygens (including phenoxy) is 2. The third-order valence-corrected chi connectivity index (χ3v) is 7.60. The normalized spacial score (nSPS) is 13.9. The lowest BCUT2D eigenvalue weighted by Crippen LogP contribution is -2.34. The summed E-state index contributed by atoms with van der Waals surface area (Å²) in [6, 6.07) is 30.9. The smallest absolute Gasteiger partial charge is 0.231 e. The van der Waals surface area contributed by atoms with Crippen molar-refractivity contribution in [3.8, 4) is 22.8 Å². The van der Waals surface area contributed by atoms with E-state index in [0.717, 1.165) is 26.6 Å². The highest BCUT2D eigenvalue weighted by Crippen LogP contribution is 2.41. The number of nitrogens with zero attached hydrogens (tertiary/aromatic N) is 6. The zero-order valence-electron chi connectivity index (χ0n) is 21.2. The fourth-order valence-electron chi connectivity index (χ4n) is 5.07. The van der Waals surface area contributed by atoms with Crippen molar-refractivity contribution in [1.29, 1.82) is 0 Å². The van der Waals surface area contributed by atoms with Crippen molar-refractivity contribution in [2.75, 3.05) is 6.79 Å². The Bertz CT molecular complexity index is 1820. The van der Waals surface area contributed by atoms with Gasteiger partial charge in [-0.25, -0.2) is 9.36 Å². The quantitative estimate of drug-likeness (QED) is 0.272. The molecule has 2 aromatic heterocycles. The van der Waals surface area contributed by atoms with Gasteiger partial charge in [0.25, 0.3) is 0 Å². The molecule has 1 aliphatic rings. The molecule has 1 unspecified atom stereocenters. The third kappa shape index (κ3) is 4.31. The molecule has 198 valence electrons. The standard InChI is InChI=1S/C30H23BrN6O3/c31-23-13-11-22(12-14-23)30(38,18-37-25-9-5-4-8-24(25)32-34-37)29-28(21-10-15-26-27(16-21)40-19-39-26)36(35-33-29)17-20-6-2-1-3-7-20/h1-16,38H,17-19H2. The molecule has 0 saturated heterocycles. The molecule has 0 fully saturated rings. The first-order chi connectivity index (χ1) is 19.6. The van der Waals surface area contributed by atoms with Crippen LogP contribution in [0.2, 0.25) is 0 Å². The summed E-state index contributed by atoms with van der Waals surface area (Å²) in [7, 11) is 0. The van der Waals surface area contributed by atoms with Crippen molar-refractivity contribution < 1.29 is 14.6 Å². The van der Waals surface area contributed by atoms with Gasteiger partial charge in [-0.15, -0.1) is 10.2 Å². The van der Waals surface area contributed by atoms with E-state index in [1.807, 2.05) is 102 Å². The van der Waals surface area contributed by atoms with Gasteiger partial charge in [0.05, 0.1) is 24.3 Å². The van der Waals surface area contributed by atoms with Gasteiger partial charge in [-0.2, -0.15) is 0 Å². The Morgan fingerprint density at radius 1 is 0.800 bits per heavy atom. The summed E-state index contributed by atoms with van der Waals surface area (Å²) < 4.78 is 15.7. The van der Waals surface area contributed by atoms with Crippen LogP contribution in [0.3, 0.4) is 0 Å². The molecule has 0 aliphatic carbocycles. The third-order valence-electron chi connectivity index (χ3n) is 7.07. The largest absolute Gasteiger partial charge is 0.454 e. The van der Waals surface area contributed by atoms with Gasteiger partial charge in [0, 0.05) is 10.0 Å². The topological polar surface area (TPSA) is 100 Å². The van der Waals surface area contributed by atoms with E-state index in [0.29, 0.717) is 35.0 Å². The predicted molar refractivity (Wildman–Crippen MR) is 152 cm³/mol. The Morgan fingerprint density at radius 2 is 1.55 bits per heavy atom. The van der Waals surface area contributed by atoms with Crippen LogP contribution in [0.4, 0.5) is 0 Å². The van der Waals surface area contributed by atoms with E-state index in [1.165, 1.54) is 0 Å². The maximum Gasteiger partial charge on any atom is 0.231 e. The summed E-state index contributed by atoms with van der Waals surface area (Å²) in [4.78, 5) is 0.